The Kier molecular flexibility index (Phi) is 3.54. The van der Waals surface area contributed by atoms with Gasteiger partial charge < -0.3 is 0 Å². The molecule has 2 atom stereocenters. The standard InChI is InChI=1S/C25H22N2/c1-18-12-14-19(15-13-18)23-16-24(20-8-4-3-5-9-20)27-25(23,2)22-11-7-6-10-21(22)17-26-27/h3-17,23H,1-2H3. The van der Waals surface area contributed by atoms with Gasteiger partial charge in [-0.15, -0.1) is 0 Å². The fourth-order valence-electron chi connectivity index (χ4n) is 4.45. The Hall–Kier alpha value is -3.13. The van der Waals surface area contributed by atoms with E-state index in [1.54, 1.807) is 0 Å². The molecule has 0 radical (unpaired) electrons. The molecule has 3 aromatic carbocycles. The highest BCUT2D eigenvalue weighted by Gasteiger charge is 2.49. The Morgan fingerprint density at radius 1 is 0.852 bits per heavy atom. The van der Waals surface area contributed by atoms with Crippen LogP contribution in [0.3, 0.4) is 0 Å². The summed E-state index contributed by atoms with van der Waals surface area (Å²) < 4.78 is 0. The minimum absolute atomic E-state index is 0.229. The van der Waals surface area contributed by atoms with E-state index in [2.05, 4.69) is 104 Å². The molecule has 27 heavy (non-hydrogen) atoms. The lowest BCUT2D eigenvalue weighted by Gasteiger charge is -2.42. The fourth-order valence-corrected chi connectivity index (χ4v) is 4.45. The second-order valence-corrected chi connectivity index (χ2v) is 7.60. The van der Waals surface area contributed by atoms with E-state index in [0.717, 1.165) is 0 Å². The minimum Gasteiger partial charge on any atom is -0.254 e. The van der Waals surface area contributed by atoms with Crippen molar-refractivity contribution in [2.75, 3.05) is 0 Å². The summed E-state index contributed by atoms with van der Waals surface area (Å²) in [7, 11) is 0. The van der Waals surface area contributed by atoms with Crippen LogP contribution < -0.4 is 0 Å². The van der Waals surface area contributed by atoms with Crippen LogP contribution in [-0.4, -0.2) is 11.2 Å². The van der Waals surface area contributed by atoms with Gasteiger partial charge >= 0.3 is 0 Å². The molecular weight excluding hydrogens is 328 g/mol. The van der Waals surface area contributed by atoms with E-state index < -0.39 is 0 Å². The molecule has 5 rings (SSSR count). The molecule has 0 spiro atoms. The number of nitrogens with zero attached hydrogens (tertiary/aromatic N) is 2. The van der Waals surface area contributed by atoms with Gasteiger partial charge in [-0.1, -0.05) is 84.4 Å². The highest BCUT2D eigenvalue weighted by Crippen LogP contribution is 2.54. The number of hydrogen-bond acceptors (Lipinski definition) is 2. The lowest BCUT2D eigenvalue weighted by molar-refractivity contribution is 0.183. The fraction of sp³-hybridized carbons (Fsp3) is 0.160. The molecule has 0 fully saturated rings. The van der Waals surface area contributed by atoms with Gasteiger partial charge in [0.15, 0.2) is 0 Å². The van der Waals surface area contributed by atoms with Crippen LogP contribution in [-0.2, 0) is 5.54 Å². The minimum atomic E-state index is -0.244. The molecule has 2 unspecified atom stereocenters. The van der Waals surface area contributed by atoms with Crippen molar-refractivity contribution < 1.29 is 0 Å². The zero-order valence-electron chi connectivity index (χ0n) is 15.6. The second-order valence-electron chi connectivity index (χ2n) is 7.60. The molecule has 2 nitrogen and oxygen atoms in total. The first kappa shape index (κ1) is 16.1. The van der Waals surface area contributed by atoms with Crippen LogP contribution in [0.15, 0.2) is 90.0 Å². The summed E-state index contributed by atoms with van der Waals surface area (Å²) in [5.41, 5.74) is 7.28. The van der Waals surface area contributed by atoms with E-state index in [9.17, 15) is 0 Å². The molecule has 0 aliphatic carbocycles. The third kappa shape index (κ3) is 2.37. The summed E-state index contributed by atoms with van der Waals surface area (Å²) in [5.74, 6) is 0.229. The van der Waals surface area contributed by atoms with Gasteiger partial charge in [-0.25, -0.2) is 0 Å². The Balaban J connectivity index is 1.73. The highest BCUT2D eigenvalue weighted by atomic mass is 15.5. The maximum atomic E-state index is 4.90. The number of benzene rings is 3. The van der Waals surface area contributed by atoms with Crippen molar-refractivity contribution in [1.82, 2.24) is 5.01 Å². The van der Waals surface area contributed by atoms with E-state index >= 15 is 0 Å². The van der Waals surface area contributed by atoms with Crippen LogP contribution in [0.25, 0.3) is 5.70 Å². The van der Waals surface area contributed by atoms with E-state index in [1.807, 2.05) is 6.21 Å². The third-order valence-electron chi connectivity index (χ3n) is 5.92. The largest absolute Gasteiger partial charge is 0.254 e. The number of hydrazone groups is 1. The van der Waals surface area contributed by atoms with Gasteiger partial charge in [-0.3, -0.25) is 5.01 Å². The number of fused-ring (bicyclic) bond motifs is 3. The average molecular weight is 350 g/mol. The summed E-state index contributed by atoms with van der Waals surface area (Å²) in [6, 6.07) is 28.1. The van der Waals surface area contributed by atoms with Crippen molar-refractivity contribution in [3.8, 4) is 0 Å². The maximum absolute atomic E-state index is 4.90. The first-order valence-electron chi connectivity index (χ1n) is 9.45. The van der Waals surface area contributed by atoms with E-state index in [1.165, 1.54) is 33.5 Å². The highest BCUT2D eigenvalue weighted by molar-refractivity contribution is 5.86. The summed E-state index contributed by atoms with van der Waals surface area (Å²) in [6.45, 7) is 4.46. The van der Waals surface area contributed by atoms with Gasteiger partial charge in [-0.2, -0.15) is 5.10 Å². The predicted octanol–water partition coefficient (Wildman–Crippen LogP) is 5.70. The van der Waals surface area contributed by atoms with Crippen molar-refractivity contribution in [3.05, 3.63) is 113 Å². The van der Waals surface area contributed by atoms with Gasteiger partial charge in [-0.05, 0) is 36.6 Å². The van der Waals surface area contributed by atoms with Crippen molar-refractivity contribution in [2.45, 2.75) is 25.3 Å². The Morgan fingerprint density at radius 2 is 1.56 bits per heavy atom. The normalized spacial score (nSPS) is 23.0. The van der Waals surface area contributed by atoms with Gasteiger partial charge in [0.2, 0.25) is 0 Å². The van der Waals surface area contributed by atoms with E-state index in [4.69, 9.17) is 5.10 Å². The Morgan fingerprint density at radius 3 is 2.33 bits per heavy atom. The van der Waals surface area contributed by atoms with Crippen LogP contribution in [0.4, 0.5) is 0 Å². The molecule has 0 saturated carbocycles. The molecule has 2 aliphatic rings. The van der Waals surface area contributed by atoms with Gasteiger partial charge in [0.1, 0.15) is 0 Å². The molecular formula is C25H22N2. The van der Waals surface area contributed by atoms with Crippen LogP contribution >= 0.6 is 0 Å². The smallest absolute Gasteiger partial charge is 0.0964 e. The molecule has 0 bridgehead atoms. The second kappa shape index (κ2) is 5.95. The Bertz CT molecular complexity index is 1050. The maximum Gasteiger partial charge on any atom is 0.0964 e. The topological polar surface area (TPSA) is 15.6 Å². The summed E-state index contributed by atoms with van der Waals surface area (Å²) >= 11 is 0. The molecule has 0 N–H and O–H groups in total. The molecule has 0 aromatic heterocycles. The third-order valence-corrected chi connectivity index (χ3v) is 5.92. The summed E-state index contributed by atoms with van der Waals surface area (Å²) in [4.78, 5) is 0. The molecule has 2 heteroatoms. The number of hydrogen-bond donors (Lipinski definition) is 0. The monoisotopic (exact) mass is 350 g/mol. The number of aryl methyl sites for hydroxylation is 1. The quantitative estimate of drug-likeness (QED) is 0.579. The average Bonchev–Trinajstić information content (AvgIpc) is 3.03. The van der Waals surface area contributed by atoms with Crippen molar-refractivity contribution in [3.63, 3.8) is 0 Å². The molecule has 3 aromatic rings. The SMILES string of the molecule is Cc1ccc(C2C=C(c3ccccc3)N3N=Cc4ccccc4C23C)cc1. The molecule has 2 aliphatic heterocycles. The van der Waals surface area contributed by atoms with Gasteiger partial charge in [0.05, 0.1) is 17.5 Å². The lowest BCUT2D eigenvalue weighted by atomic mass is 9.75. The predicted molar refractivity (Wildman–Crippen MR) is 112 cm³/mol. The van der Waals surface area contributed by atoms with Crippen molar-refractivity contribution in [1.29, 1.82) is 0 Å². The zero-order chi connectivity index (χ0) is 18.4. The molecule has 0 amide bonds. The van der Waals surface area contributed by atoms with Crippen LogP contribution in [0.5, 0.6) is 0 Å². The molecule has 0 saturated heterocycles. The molecule has 132 valence electrons. The zero-order valence-corrected chi connectivity index (χ0v) is 15.6. The van der Waals surface area contributed by atoms with E-state index in [0.29, 0.717) is 0 Å². The Labute approximate surface area is 160 Å². The number of rotatable bonds is 2. The first-order valence-corrected chi connectivity index (χ1v) is 9.45. The van der Waals surface area contributed by atoms with Crippen LogP contribution in [0, 0.1) is 6.92 Å². The first-order chi connectivity index (χ1) is 13.2. The van der Waals surface area contributed by atoms with Gasteiger partial charge in [0, 0.05) is 11.5 Å². The van der Waals surface area contributed by atoms with E-state index in [-0.39, 0.29) is 11.5 Å². The van der Waals surface area contributed by atoms with Gasteiger partial charge in [0.25, 0.3) is 0 Å². The molecule has 2 heterocycles. The van der Waals surface area contributed by atoms with Crippen LogP contribution in [0.2, 0.25) is 0 Å². The van der Waals surface area contributed by atoms with Crippen molar-refractivity contribution in [2.24, 2.45) is 5.10 Å². The van der Waals surface area contributed by atoms with Crippen LogP contribution in [0.1, 0.15) is 40.7 Å². The summed E-state index contributed by atoms with van der Waals surface area (Å²) in [5, 5.41) is 7.11. The lowest BCUT2D eigenvalue weighted by Crippen LogP contribution is -2.42. The van der Waals surface area contributed by atoms with Crippen molar-refractivity contribution >= 4 is 11.9 Å². The summed E-state index contributed by atoms with van der Waals surface area (Å²) in [6.07, 6.45) is 4.38.